The quantitative estimate of drug-likeness (QED) is 0.384. The number of sulfonamides is 1. The molecule has 0 bridgehead atoms. The van der Waals surface area contributed by atoms with Gasteiger partial charge in [0.15, 0.2) is 5.01 Å². The number of nitrogens with one attached hydrogen (secondary N) is 2. The van der Waals surface area contributed by atoms with Crippen molar-refractivity contribution in [2.24, 2.45) is 0 Å². The van der Waals surface area contributed by atoms with Gasteiger partial charge in [-0.15, -0.1) is 11.3 Å². The van der Waals surface area contributed by atoms with E-state index in [9.17, 15) is 22.8 Å². The zero-order chi connectivity index (χ0) is 29.3. The number of hydrogen-bond acceptors (Lipinski definition) is 9. The van der Waals surface area contributed by atoms with E-state index in [4.69, 9.17) is 16.3 Å². The number of halogens is 1. The van der Waals surface area contributed by atoms with Gasteiger partial charge >= 0.3 is 5.97 Å². The molecule has 1 saturated heterocycles. The maximum atomic E-state index is 13.7. The third kappa shape index (κ3) is 6.24. The molecule has 5 rings (SSSR count). The maximum Gasteiger partial charge on any atom is 0.325 e. The number of benzene rings is 2. The summed E-state index contributed by atoms with van der Waals surface area (Å²) in [5, 5.41) is 8.12. The average Bonchev–Trinajstić information content (AvgIpc) is 3.38. The van der Waals surface area contributed by atoms with E-state index in [1.807, 2.05) is 6.92 Å². The second kappa shape index (κ2) is 12.0. The van der Waals surface area contributed by atoms with Crippen LogP contribution in [0.2, 0.25) is 5.02 Å². The lowest BCUT2D eigenvalue weighted by molar-refractivity contribution is -0.144. The first kappa shape index (κ1) is 29.4. The average molecular weight is 620 g/mol. The molecule has 0 spiro atoms. The van der Waals surface area contributed by atoms with Crippen molar-refractivity contribution in [2.75, 3.05) is 32.8 Å². The molecule has 0 saturated carbocycles. The molecular weight excluding hydrogens is 590 g/mol. The Labute approximate surface area is 246 Å². The Morgan fingerprint density at radius 3 is 2.71 bits per heavy atom. The topological polar surface area (TPSA) is 138 Å². The Bertz CT molecular complexity index is 1610. The number of aromatic nitrogens is 1. The molecule has 3 heterocycles. The van der Waals surface area contributed by atoms with Gasteiger partial charge in [0.2, 0.25) is 15.9 Å². The molecule has 1 fully saturated rings. The minimum atomic E-state index is -4.02. The smallest absolute Gasteiger partial charge is 0.325 e. The number of fused-ring (bicyclic) bond motifs is 2. The van der Waals surface area contributed by atoms with Gasteiger partial charge in [-0.2, -0.15) is 4.31 Å². The lowest BCUT2D eigenvalue weighted by Gasteiger charge is -2.39. The van der Waals surface area contributed by atoms with Crippen molar-refractivity contribution in [3.63, 3.8) is 0 Å². The van der Waals surface area contributed by atoms with E-state index in [-0.39, 0.29) is 42.2 Å². The standard InChI is InChI=1S/C27H30ClN5O6S2/c1-3-39-24(34)14-30-25(35)22-15-32(41(37,38)20-7-5-17-11-19(28)6-4-18(17)12-20)8-9-33(22)27(36)26-31-21-10-16(2)29-13-23(21)40-26/h4-7,11-12,16,22,29H,3,8-10,13-15H2,1-2H3,(H,30,35). The number of amides is 2. The van der Waals surface area contributed by atoms with Crippen LogP contribution in [0, 0.1) is 0 Å². The van der Waals surface area contributed by atoms with Crippen molar-refractivity contribution < 1.29 is 27.5 Å². The molecule has 218 valence electrons. The Hall–Kier alpha value is -3.10. The van der Waals surface area contributed by atoms with Crippen molar-refractivity contribution in [1.82, 2.24) is 24.8 Å². The van der Waals surface area contributed by atoms with E-state index in [1.165, 1.54) is 26.6 Å². The molecular formula is C27H30ClN5O6S2. The fourth-order valence-electron chi connectivity index (χ4n) is 4.96. The number of carbonyl (C=O) groups is 3. The second-order valence-corrected chi connectivity index (χ2v) is 13.4. The summed E-state index contributed by atoms with van der Waals surface area (Å²) >= 11 is 7.34. The summed E-state index contributed by atoms with van der Waals surface area (Å²) in [5.74, 6) is -1.74. The van der Waals surface area contributed by atoms with Gasteiger partial charge in [0.25, 0.3) is 5.91 Å². The first-order chi connectivity index (χ1) is 19.6. The SMILES string of the molecule is CCOC(=O)CNC(=O)C1CN(S(=O)(=O)c2ccc3cc(Cl)ccc3c2)CCN1C(=O)c1nc2c(s1)CNC(C)C2. The lowest BCUT2D eigenvalue weighted by Crippen LogP contribution is -2.61. The number of carbonyl (C=O) groups excluding carboxylic acids is 3. The van der Waals surface area contributed by atoms with Crippen molar-refractivity contribution in [1.29, 1.82) is 0 Å². The largest absolute Gasteiger partial charge is 0.465 e. The summed E-state index contributed by atoms with van der Waals surface area (Å²) in [6, 6.07) is 8.95. The van der Waals surface area contributed by atoms with Crippen LogP contribution in [0.15, 0.2) is 41.3 Å². The number of thiazole rings is 1. The van der Waals surface area contributed by atoms with Crippen LogP contribution in [0.1, 0.15) is 34.2 Å². The summed E-state index contributed by atoms with van der Waals surface area (Å²) in [6.07, 6.45) is 0.687. The van der Waals surface area contributed by atoms with Crippen LogP contribution in [0.5, 0.6) is 0 Å². The first-order valence-corrected chi connectivity index (χ1v) is 15.9. The molecule has 41 heavy (non-hydrogen) atoms. The summed E-state index contributed by atoms with van der Waals surface area (Å²) in [5.41, 5.74) is 0.853. The monoisotopic (exact) mass is 619 g/mol. The Morgan fingerprint density at radius 2 is 1.93 bits per heavy atom. The highest BCUT2D eigenvalue weighted by Crippen LogP contribution is 2.28. The highest BCUT2D eigenvalue weighted by Gasteiger charge is 2.41. The Morgan fingerprint density at radius 1 is 1.17 bits per heavy atom. The molecule has 2 atom stereocenters. The van der Waals surface area contributed by atoms with E-state index in [0.29, 0.717) is 23.4 Å². The van der Waals surface area contributed by atoms with Gasteiger partial charge in [0.1, 0.15) is 12.6 Å². The summed E-state index contributed by atoms with van der Waals surface area (Å²) in [6.45, 7) is 3.71. The van der Waals surface area contributed by atoms with E-state index >= 15 is 0 Å². The van der Waals surface area contributed by atoms with E-state index in [1.54, 1.807) is 37.3 Å². The van der Waals surface area contributed by atoms with Crippen LogP contribution >= 0.6 is 22.9 Å². The van der Waals surface area contributed by atoms with Gasteiger partial charge in [0.05, 0.1) is 17.2 Å². The zero-order valence-electron chi connectivity index (χ0n) is 22.6. The van der Waals surface area contributed by atoms with Crippen LogP contribution in [0.25, 0.3) is 10.8 Å². The molecule has 11 nitrogen and oxygen atoms in total. The first-order valence-electron chi connectivity index (χ1n) is 13.2. The summed E-state index contributed by atoms with van der Waals surface area (Å²) in [7, 11) is -4.02. The van der Waals surface area contributed by atoms with Crippen LogP contribution in [-0.4, -0.2) is 85.3 Å². The van der Waals surface area contributed by atoms with Gasteiger partial charge in [-0.3, -0.25) is 14.4 Å². The molecule has 0 aliphatic carbocycles. The van der Waals surface area contributed by atoms with E-state index in [0.717, 1.165) is 16.0 Å². The van der Waals surface area contributed by atoms with E-state index < -0.39 is 40.4 Å². The van der Waals surface area contributed by atoms with Crippen LogP contribution in [0.3, 0.4) is 0 Å². The minimum Gasteiger partial charge on any atom is -0.465 e. The van der Waals surface area contributed by atoms with Crippen molar-refractivity contribution >= 4 is 61.5 Å². The van der Waals surface area contributed by atoms with Crippen molar-refractivity contribution in [3.05, 3.63) is 57.0 Å². The molecule has 14 heteroatoms. The van der Waals surface area contributed by atoms with Crippen molar-refractivity contribution in [2.45, 2.75) is 43.8 Å². The highest BCUT2D eigenvalue weighted by atomic mass is 35.5. The van der Waals surface area contributed by atoms with Gasteiger partial charge in [-0.05, 0) is 48.9 Å². The number of hydrogen-bond donors (Lipinski definition) is 2. The third-order valence-electron chi connectivity index (χ3n) is 7.10. The Balaban J connectivity index is 1.41. The molecule has 2 aromatic carbocycles. The number of rotatable bonds is 7. The molecule has 2 unspecified atom stereocenters. The van der Waals surface area contributed by atoms with Crippen LogP contribution < -0.4 is 10.6 Å². The number of piperazine rings is 1. The van der Waals surface area contributed by atoms with E-state index in [2.05, 4.69) is 15.6 Å². The predicted octanol–water partition coefficient (Wildman–Crippen LogP) is 2.18. The summed E-state index contributed by atoms with van der Waals surface area (Å²) < 4.78 is 33.5. The normalized spacial score (nSPS) is 19.5. The van der Waals surface area contributed by atoms with Crippen LogP contribution in [-0.2, 0) is 37.3 Å². The van der Waals surface area contributed by atoms with Gasteiger partial charge in [0, 0.05) is 48.5 Å². The minimum absolute atomic E-state index is 0.0158. The number of esters is 1. The zero-order valence-corrected chi connectivity index (χ0v) is 24.9. The third-order valence-corrected chi connectivity index (χ3v) is 10.3. The summed E-state index contributed by atoms with van der Waals surface area (Å²) in [4.78, 5) is 45.8. The maximum absolute atomic E-state index is 13.7. The van der Waals surface area contributed by atoms with Crippen molar-refractivity contribution in [3.8, 4) is 0 Å². The molecule has 2 N–H and O–H groups in total. The fraction of sp³-hybridized carbons (Fsp3) is 0.407. The van der Waals surface area contributed by atoms with Gasteiger partial charge in [-0.25, -0.2) is 13.4 Å². The number of ether oxygens (including phenoxy) is 1. The predicted molar refractivity (Wildman–Crippen MR) is 154 cm³/mol. The van der Waals surface area contributed by atoms with Crippen LogP contribution in [0.4, 0.5) is 0 Å². The lowest BCUT2D eigenvalue weighted by atomic mass is 10.1. The molecule has 1 aromatic heterocycles. The fourth-order valence-corrected chi connectivity index (χ4v) is 7.61. The second-order valence-electron chi connectivity index (χ2n) is 9.93. The highest BCUT2D eigenvalue weighted by molar-refractivity contribution is 7.89. The molecule has 3 aromatic rings. The Kier molecular flexibility index (Phi) is 8.62. The molecule has 2 aliphatic heterocycles. The molecule has 2 aliphatic rings. The molecule has 0 radical (unpaired) electrons. The molecule has 2 amide bonds. The van der Waals surface area contributed by atoms with Gasteiger partial charge < -0.3 is 20.3 Å². The number of nitrogens with zero attached hydrogens (tertiary/aromatic N) is 3. The van der Waals surface area contributed by atoms with Gasteiger partial charge in [-0.1, -0.05) is 23.7 Å².